The molecule has 1 heterocycles. The number of methoxy groups -OCH3 is 1. The molecule has 0 radical (unpaired) electrons. The number of carbonyl (C=O) groups is 3. The van der Waals surface area contributed by atoms with Gasteiger partial charge in [-0.25, -0.2) is 9.59 Å². The Labute approximate surface area is 122 Å². The number of carbonyl (C=O) groups excluding carboxylic acids is 3. The molecule has 0 aliphatic rings. The standard InChI is InChI=1S/C13H19N3O5/c1-13(2,3)21-12(19)14-9(7-17)8-6-16(4)15-10(8)11(18)20-5/h6-7,9H,1-5H3,(H,14,19). The molecule has 8 heteroatoms. The summed E-state index contributed by atoms with van der Waals surface area (Å²) in [6.45, 7) is 5.10. The summed E-state index contributed by atoms with van der Waals surface area (Å²) in [6, 6.07) is -1.05. The largest absolute Gasteiger partial charge is 0.464 e. The molecule has 1 amide bonds. The Morgan fingerprint density at radius 3 is 2.52 bits per heavy atom. The van der Waals surface area contributed by atoms with Crippen LogP contribution in [0.4, 0.5) is 4.79 Å². The van der Waals surface area contributed by atoms with E-state index in [-0.39, 0.29) is 11.3 Å². The molecule has 0 fully saturated rings. The van der Waals surface area contributed by atoms with E-state index in [9.17, 15) is 14.4 Å². The molecule has 116 valence electrons. The highest BCUT2D eigenvalue weighted by molar-refractivity contribution is 5.90. The van der Waals surface area contributed by atoms with Gasteiger partial charge in [0.2, 0.25) is 0 Å². The van der Waals surface area contributed by atoms with E-state index < -0.39 is 23.7 Å². The number of hydrogen-bond donors (Lipinski definition) is 1. The van der Waals surface area contributed by atoms with E-state index in [2.05, 4.69) is 15.2 Å². The van der Waals surface area contributed by atoms with E-state index in [1.54, 1.807) is 27.8 Å². The fraction of sp³-hybridized carbons (Fsp3) is 0.538. The smallest absolute Gasteiger partial charge is 0.408 e. The predicted octanol–water partition coefficient (Wildman–Crippen LogP) is 0.971. The minimum absolute atomic E-state index is 0.0341. The van der Waals surface area contributed by atoms with Gasteiger partial charge in [-0.3, -0.25) is 4.68 Å². The number of amides is 1. The highest BCUT2D eigenvalue weighted by atomic mass is 16.6. The van der Waals surface area contributed by atoms with Crippen LogP contribution in [0.3, 0.4) is 0 Å². The summed E-state index contributed by atoms with van der Waals surface area (Å²) < 4.78 is 11.0. The lowest BCUT2D eigenvalue weighted by Crippen LogP contribution is -2.36. The van der Waals surface area contributed by atoms with Gasteiger partial charge >= 0.3 is 12.1 Å². The zero-order valence-electron chi connectivity index (χ0n) is 12.7. The number of ether oxygens (including phenoxy) is 2. The van der Waals surface area contributed by atoms with Crippen molar-refractivity contribution in [1.82, 2.24) is 15.1 Å². The highest BCUT2D eigenvalue weighted by Crippen LogP contribution is 2.17. The summed E-state index contributed by atoms with van der Waals surface area (Å²) in [5, 5.41) is 6.31. The van der Waals surface area contributed by atoms with Crippen LogP contribution in [0.15, 0.2) is 6.20 Å². The average Bonchev–Trinajstić information content (AvgIpc) is 2.74. The van der Waals surface area contributed by atoms with Crippen LogP contribution in [-0.2, 0) is 21.3 Å². The Balaban J connectivity index is 2.98. The normalized spacial score (nSPS) is 12.4. The van der Waals surface area contributed by atoms with Crippen molar-refractivity contribution in [3.63, 3.8) is 0 Å². The van der Waals surface area contributed by atoms with Gasteiger partial charge in [0.1, 0.15) is 17.9 Å². The monoisotopic (exact) mass is 297 g/mol. The van der Waals surface area contributed by atoms with E-state index in [4.69, 9.17) is 4.74 Å². The molecule has 0 aliphatic carbocycles. The molecule has 1 atom stereocenters. The minimum Gasteiger partial charge on any atom is -0.464 e. The van der Waals surface area contributed by atoms with Crippen LogP contribution in [0.2, 0.25) is 0 Å². The van der Waals surface area contributed by atoms with Crippen LogP contribution in [-0.4, -0.2) is 40.8 Å². The Bertz CT molecular complexity index is 544. The second-order valence-electron chi connectivity index (χ2n) is 5.36. The number of rotatable bonds is 4. The maximum absolute atomic E-state index is 11.7. The third kappa shape index (κ3) is 4.59. The number of aromatic nitrogens is 2. The maximum Gasteiger partial charge on any atom is 0.408 e. The Morgan fingerprint density at radius 1 is 1.43 bits per heavy atom. The lowest BCUT2D eigenvalue weighted by molar-refractivity contribution is -0.109. The Kier molecular flexibility index (Phi) is 5.07. The second-order valence-corrected chi connectivity index (χ2v) is 5.36. The van der Waals surface area contributed by atoms with Gasteiger partial charge in [-0.05, 0) is 20.8 Å². The minimum atomic E-state index is -1.05. The topological polar surface area (TPSA) is 99.5 Å². The van der Waals surface area contributed by atoms with Gasteiger partial charge in [0.05, 0.1) is 7.11 Å². The maximum atomic E-state index is 11.7. The van der Waals surface area contributed by atoms with Gasteiger partial charge in [0.25, 0.3) is 0 Å². The molecule has 1 unspecified atom stereocenters. The van der Waals surface area contributed by atoms with E-state index in [1.807, 2.05) is 0 Å². The number of esters is 1. The fourth-order valence-corrected chi connectivity index (χ4v) is 1.61. The third-order valence-corrected chi connectivity index (χ3v) is 2.38. The molecule has 0 spiro atoms. The van der Waals surface area contributed by atoms with Gasteiger partial charge in [0.15, 0.2) is 5.69 Å². The summed E-state index contributed by atoms with van der Waals surface area (Å²) in [5.41, 5.74) is -0.490. The Morgan fingerprint density at radius 2 is 2.05 bits per heavy atom. The van der Waals surface area contributed by atoms with Crippen LogP contribution < -0.4 is 5.32 Å². The summed E-state index contributed by atoms with van der Waals surface area (Å²) in [4.78, 5) is 34.6. The molecule has 0 bridgehead atoms. The zero-order valence-corrected chi connectivity index (χ0v) is 12.7. The van der Waals surface area contributed by atoms with Crippen molar-refractivity contribution < 1.29 is 23.9 Å². The average molecular weight is 297 g/mol. The lowest BCUT2D eigenvalue weighted by Gasteiger charge is -2.21. The first-order chi connectivity index (χ1) is 9.67. The van der Waals surface area contributed by atoms with Gasteiger partial charge < -0.3 is 19.6 Å². The molecule has 0 aliphatic heterocycles. The predicted molar refractivity (Wildman–Crippen MR) is 72.7 cm³/mol. The highest BCUT2D eigenvalue weighted by Gasteiger charge is 2.26. The number of alkyl carbamates (subject to hydrolysis) is 1. The second kappa shape index (κ2) is 6.38. The first-order valence-corrected chi connectivity index (χ1v) is 6.24. The molecule has 0 saturated heterocycles. The summed E-state index contributed by atoms with van der Waals surface area (Å²) in [5.74, 6) is -0.691. The summed E-state index contributed by atoms with van der Waals surface area (Å²) >= 11 is 0. The van der Waals surface area contributed by atoms with Crippen molar-refractivity contribution in [2.45, 2.75) is 32.4 Å². The first kappa shape index (κ1) is 16.7. The number of aryl methyl sites for hydroxylation is 1. The molecule has 1 aromatic heterocycles. The van der Waals surface area contributed by atoms with E-state index in [1.165, 1.54) is 18.0 Å². The molecule has 21 heavy (non-hydrogen) atoms. The number of hydrogen-bond acceptors (Lipinski definition) is 6. The summed E-state index contributed by atoms with van der Waals surface area (Å²) in [6.07, 6.45) is 1.19. The Hall–Kier alpha value is -2.38. The molecular weight excluding hydrogens is 278 g/mol. The molecule has 1 N–H and O–H groups in total. The molecule has 8 nitrogen and oxygen atoms in total. The van der Waals surface area contributed by atoms with Crippen molar-refractivity contribution in [2.75, 3.05) is 7.11 Å². The third-order valence-electron chi connectivity index (χ3n) is 2.38. The molecule has 1 rings (SSSR count). The van der Waals surface area contributed by atoms with Gasteiger partial charge in [-0.15, -0.1) is 0 Å². The van der Waals surface area contributed by atoms with Gasteiger partial charge in [0, 0.05) is 18.8 Å². The first-order valence-electron chi connectivity index (χ1n) is 6.24. The van der Waals surface area contributed by atoms with Crippen LogP contribution in [0.5, 0.6) is 0 Å². The van der Waals surface area contributed by atoms with Crippen molar-refractivity contribution >= 4 is 18.3 Å². The van der Waals surface area contributed by atoms with Crippen molar-refractivity contribution in [3.05, 3.63) is 17.5 Å². The molecule has 0 saturated carbocycles. The van der Waals surface area contributed by atoms with E-state index >= 15 is 0 Å². The molecular formula is C13H19N3O5. The van der Waals surface area contributed by atoms with Crippen molar-refractivity contribution in [1.29, 1.82) is 0 Å². The molecule has 0 aromatic carbocycles. The number of nitrogens with one attached hydrogen (secondary N) is 1. The van der Waals surface area contributed by atoms with Crippen LogP contribution >= 0.6 is 0 Å². The van der Waals surface area contributed by atoms with Gasteiger partial charge in [-0.2, -0.15) is 5.10 Å². The van der Waals surface area contributed by atoms with E-state index in [0.717, 1.165) is 0 Å². The van der Waals surface area contributed by atoms with Crippen molar-refractivity contribution in [3.8, 4) is 0 Å². The SMILES string of the molecule is COC(=O)c1nn(C)cc1C(C=O)NC(=O)OC(C)(C)C. The lowest BCUT2D eigenvalue weighted by atomic mass is 10.1. The fourth-order valence-electron chi connectivity index (χ4n) is 1.61. The quantitative estimate of drug-likeness (QED) is 0.656. The zero-order chi connectivity index (χ0) is 16.2. The summed E-state index contributed by atoms with van der Waals surface area (Å²) in [7, 11) is 2.79. The van der Waals surface area contributed by atoms with Crippen LogP contribution in [0, 0.1) is 0 Å². The van der Waals surface area contributed by atoms with Crippen LogP contribution in [0.25, 0.3) is 0 Å². The number of aldehydes is 1. The molecule has 1 aromatic rings. The van der Waals surface area contributed by atoms with Crippen LogP contribution in [0.1, 0.15) is 42.9 Å². The van der Waals surface area contributed by atoms with E-state index in [0.29, 0.717) is 6.29 Å². The van der Waals surface area contributed by atoms with Crippen molar-refractivity contribution in [2.24, 2.45) is 7.05 Å². The number of nitrogens with zero attached hydrogens (tertiary/aromatic N) is 2. The van der Waals surface area contributed by atoms with Gasteiger partial charge in [-0.1, -0.05) is 0 Å².